The summed E-state index contributed by atoms with van der Waals surface area (Å²) in [7, 11) is 0. The summed E-state index contributed by atoms with van der Waals surface area (Å²) in [5.74, 6) is -0.619. The zero-order chi connectivity index (χ0) is 15.4. The minimum Gasteiger partial charge on any atom is -0.306 e. The Balaban J connectivity index is 2.09. The Bertz CT molecular complexity index is 664. The van der Waals surface area contributed by atoms with Crippen molar-refractivity contribution in [3.63, 3.8) is 0 Å². The first-order valence-electron chi connectivity index (χ1n) is 6.39. The number of benzene rings is 2. The van der Waals surface area contributed by atoms with E-state index in [1.165, 1.54) is 12.1 Å². The molecule has 0 saturated heterocycles. The molecule has 0 aromatic heterocycles. The van der Waals surface area contributed by atoms with E-state index in [1.807, 2.05) is 25.1 Å². The van der Waals surface area contributed by atoms with E-state index < -0.39 is 10.7 Å². The first kappa shape index (κ1) is 15.4. The molecule has 0 aliphatic carbocycles. The number of hydrogen-bond donors (Lipinski definition) is 1. The molecule has 0 amide bonds. The molecular weight excluding hydrogens is 295 g/mol. The molecule has 1 N–H and O–H groups in total. The maximum absolute atomic E-state index is 13.3. The second-order valence-electron chi connectivity index (χ2n) is 4.70. The highest BCUT2D eigenvalue weighted by Crippen LogP contribution is 2.23. The average Bonchev–Trinajstić information content (AvgIpc) is 2.44. The molecule has 6 heteroatoms. The summed E-state index contributed by atoms with van der Waals surface area (Å²) >= 11 is 6.10. The molecule has 0 aliphatic rings. The van der Waals surface area contributed by atoms with E-state index in [2.05, 4.69) is 5.32 Å². The van der Waals surface area contributed by atoms with Crippen LogP contribution in [0.4, 0.5) is 10.1 Å². The molecule has 0 heterocycles. The number of non-ortho nitro benzene ring substituents is 1. The Morgan fingerprint density at radius 3 is 2.71 bits per heavy atom. The summed E-state index contributed by atoms with van der Waals surface area (Å²) in [6.07, 6.45) is 0. The van der Waals surface area contributed by atoms with E-state index in [4.69, 9.17) is 11.6 Å². The molecule has 0 saturated carbocycles. The lowest BCUT2D eigenvalue weighted by molar-refractivity contribution is -0.385. The molecule has 1 atom stereocenters. The SMILES string of the molecule is CC(NCc1cc(F)cc([N+](=O)[O-])c1)c1ccccc1Cl. The van der Waals surface area contributed by atoms with Crippen molar-refractivity contribution < 1.29 is 9.31 Å². The van der Waals surface area contributed by atoms with Gasteiger partial charge < -0.3 is 5.32 Å². The highest BCUT2D eigenvalue weighted by molar-refractivity contribution is 6.31. The van der Waals surface area contributed by atoms with Gasteiger partial charge in [-0.05, 0) is 30.2 Å². The zero-order valence-corrected chi connectivity index (χ0v) is 12.1. The number of rotatable bonds is 5. The van der Waals surface area contributed by atoms with Gasteiger partial charge in [-0.1, -0.05) is 29.8 Å². The molecule has 110 valence electrons. The summed E-state index contributed by atoms with van der Waals surface area (Å²) < 4.78 is 13.3. The van der Waals surface area contributed by atoms with Crippen molar-refractivity contribution in [1.29, 1.82) is 0 Å². The first-order chi connectivity index (χ1) is 9.97. The topological polar surface area (TPSA) is 55.2 Å². The highest BCUT2D eigenvalue weighted by Gasteiger charge is 2.12. The normalized spacial score (nSPS) is 12.1. The summed E-state index contributed by atoms with van der Waals surface area (Å²) in [6.45, 7) is 2.24. The van der Waals surface area contributed by atoms with Crippen molar-refractivity contribution in [2.75, 3.05) is 0 Å². The van der Waals surface area contributed by atoms with Crippen LogP contribution in [0, 0.1) is 15.9 Å². The maximum Gasteiger partial charge on any atom is 0.272 e. The van der Waals surface area contributed by atoms with E-state index in [9.17, 15) is 14.5 Å². The number of nitrogens with one attached hydrogen (secondary N) is 1. The Labute approximate surface area is 126 Å². The van der Waals surface area contributed by atoms with Gasteiger partial charge in [-0.2, -0.15) is 0 Å². The van der Waals surface area contributed by atoms with Crippen molar-refractivity contribution in [2.45, 2.75) is 19.5 Å². The lowest BCUT2D eigenvalue weighted by Crippen LogP contribution is -2.18. The van der Waals surface area contributed by atoms with Crippen molar-refractivity contribution in [2.24, 2.45) is 0 Å². The molecule has 2 rings (SSSR count). The van der Waals surface area contributed by atoms with Crippen LogP contribution in [0.2, 0.25) is 5.02 Å². The fourth-order valence-corrected chi connectivity index (χ4v) is 2.35. The fourth-order valence-electron chi connectivity index (χ4n) is 2.05. The summed E-state index contributed by atoms with van der Waals surface area (Å²) in [4.78, 5) is 10.1. The second-order valence-corrected chi connectivity index (χ2v) is 5.11. The van der Waals surface area contributed by atoms with Crippen molar-refractivity contribution >= 4 is 17.3 Å². The second kappa shape index (κ2) is 6.65. The Hall–Kier alpha value is -1.98. The minimum absolute atomic E-state index is 0.0546. The van der Waals surface area contributed by atoms with Crippen LogP contribution in [-0.4, -0.2) is 4.92 Å². The molecule has 1 unspecified atom stereocenters. The van der Waals surface area contributed by atoms with Gasteiger partial charge in [0.15, 0.2) is 0 Å². The third-order valence-electron chi connectivity index (χ3n) is 3.14. The summed E-state index contributed by atoms with van der Waals surface area (Å²) in [5.41, 5.74) is 1.18. The monoisotopic (exact) mass is 308 g/mol. The minimum atomic E-state index is -0.619. The van der Waals surface area contributed by atoms with Crippen LogP contribution in [0.5, 0.6) is 0 Å². The van der Waals surface area contributed by atoms with Crippen LogP contribution in [0.1, 0.15) is 24.1 Å². The molecule has 2 aromatic rings. The van der Waals surface area contributed by atoms with Gasteiger partial charge in [0.25, 0.3) is 5.69 Å². The quantitative estimate of drug-likeness (QED) is 0.664. The lowest BCUT2D eigenvalue weighted by Gasteiger charge is -2.15. The van der Waals surface area contributed by atoms with Crippen molar-refractivity contribution in [1.82, 2.24) is 5.32 Å². The molecule has 2 aromatic carbocycles. The van der Waals surface area contributed by atoms with Crippen molar-refractivity contribution in [3.05, 3.63) is 74.5 Å². The van der Waals surface area contributed by atoms with Gasteiger partial charge in [0.2, 0.25) is 0 Å². The third kappa shape index (κ3) is 4.00. The summed E-state index contributed by atoms with van der Waals surface area (Å²) in [6, 6.07) is 10.9. The van der Waals surface area contributed by atoms with E-state index in [0.717, 1.165) is 11.6 Å². The van der Waals surface area contributed by atoms with Crippen LogP contribution >= 0.6 is 11.6 Å². The van der Waals surface area contributed by atoms with E-state index in [-0.39, 0.29) is 11.7 Å². The fraction of sp³-hybridized carbons (Fsp3) is 0.200. The molecule has 0 bridgehead atoms. The zero-order valence-electron chi connectivity index (χ0n) is 11.3. The summed E-state index contributed by atoms with van der Waals surface area (Å²) in [5, 5.41) is 14.5. The number of nitro groups is 1. The molecular formula is C15H14ClFN2O2. The maximum atomic E-state index is 13.3. The molecule has 4 nitrogen and oxygen atoms in total. The van der Waals surface area contributed by atoms with Gasteiger partial charge >= 0.3 is 0 Å². The van der Waals surface area contributed by atoms with E-state index >= 15 is 0 Å². The average molecular weight is 309 g/mol. The Morgan fingerprint density at radius 1 is 1.33 bits per heavy atom. The van der Waals surface area contributed by atoms with Gasteiger partial charge in [-0.15, -0.1) is 0 Å². The van der Waals surface area contributed by atoms with Crippen LogP contribution in [0.25, 0.3) is 0 Å². The smallest absolute Gasteiger partial charge is 0.272 e. The standard InChI is InChI=1S/C15H14ClFN2O2/c1-10(14-4-2-3-5-15(14)16)18-9-11-6-12(17)8-13(7-11)19(20)21/h2-8,10,18H,9H2,1H3. The van der Waals surface area contributed by atoms with Gasteiger partial charge in [-0.25, -0.2) is 4.39 Å². The molecule has 0 spiro atoms. The third-order valence-corrected chi connectivity index (χ3v) is 3.48. The van der Waals surface area contributed by atoms with Crippen LogP contribution in [-0.2, 0) is 6.54 Å². The highest BCUT2D eigenvalue weighted by atomic mass is 35.5. The molecule has 0 aliphatic heterocycles. The molecule has 21 heavy (non-hydrogen) atoms. The number of nitrogens with zero attached hydrogens (tertiary/aromatic N) is 1. The van der Waals surface area contributed by atoms with E-state index in [0.29, 0.717) is 17.1 Å². The van der Waals surface area contributed by atoms with Gasteiger partial charge in [0.05, 0.1) is 11.0 Å². The largest absolute Gasteiger partial charge is 0.306 e. The molecule has 0 radical (unpaired) electrons. The first-order valence-corrected chi connectivity index (χ1v) is 6.77. The van der Waals surface area contributed by atoms with Gasteiger partial charge in [0, 0.05) is 23.7 Å². The number of hydrogen-bond acceptors (Lipinski definition) is 3. The van der Waals surface area contributed by atoms with Crippen LogP contribution in [0.3, 0.4) is 0 Å². The van der Waals surface area contributed by atoms with Gasteiger partial charge in [-0.3, -0.25) is 10.1 Å². The van der Waals surface area contributed by atoms with Crippen LogP contribution < -0.4 is 5.32 Å². The Kier molecular flexibility index (Phi) is 4.88. The van der Waals surface area contributed by atoms with Crippen LogP contribution in [0.15, 0.2) is 42.5 Å². The number of halogens is 2. The molecule has 0 fully saturated rings. The predicted octanol–water partition coefficient (Wildman–Crippen LogP) is 4.24. The number of nitro benzene ring substituents is 1. The van der Waals surface area contributed by atoms with E-state index in [1.54, 1.807) is 6.07 Å². The van der Waals surface area contributed by atoms with Gasteiger partial charge in [0.1, 0.15) is 5.82 Å². The lowest BCUT2D eigenvalue weighted by atomic mass is 10.1. The predicted molar refractivity (Wildman–Crippen MR) is 79.8 cm³/mol. The van der Waals surface area contributed by atoms with Crippen molar-refractivity contribution in [3.8, 4) is 0 Å². The Morgan fingerprint density at radius 2 is 2.05 bits per heavy atom.